The molecule has 1 heterocycles. The lowest BCUT2D eigenvalue weighted by Gasteiger charge is -2.02. The highest BCUT2D eigenvalue weighted by atomic mass is 79.9. The zero-order chi connectivity index (χ0) is 10.7. The molecule has 1 aromatic carbocycles. The number of rotatable bonds is 3. The number of halogens is 1. The molecule has 0 aliphatic carbocycles. The molecule has 0 aliphatic heterocycles. The fraction of sp³-hybridized carbons (Fsp3) is 0.100. The zero-order valence-corrected chi connectivity index (χ0v) is 9.27. The van der Waals surface area contributed by atoms with Crippen molar-refractivity contribution >= 4 is 15.9 Å². The highest BCUT2D eigenvalue weighted by molar-refractivity contribution is 9.10. The molecule has 0 amide bonds. The van der Waals surface area contributed by atoms with Gasteiger partial charge in [0.1, 0.15) is 22.4 Å². The normalized spacial score (nSPS) is 10.2. The SMILES string of the molecule is Oc1ccc(OCc2nc(Br)co2)cc1. The molecule has 15 heavy (non-hydrogen) atoms. The molecule has 0 saturated carbocycles. The molecule has 2 rings (SSSR count). The predicted octanol–water partition coefficient (Wildman–Crippen LogP) is 2.72. The summed E-state index contributed by atoms with van der Waals surface area (Å²) in [4.78, 5) is 4.02. The summed E-state index contributed by atoms with van der Waals surface area (Å²) < 4.78 is 11.1. The number of hydrogen-bond acceptors (Lipinski definition) is 4. The molecule has 1 N–H and O–H groups in total. The van der Waals surface area contributed by atoms with Crippen molar-refractivity contribution in [2.24, 2.45) is 0 Å². The van der Waals surface area contributed by atoms with E-state index < -0.39 is 0 Å². The second-order valence-corrected chi connectivity index (χ2v) is 3.66. The molecule has 0 atom stereocenters. The van der Waals surface area contributed by atoms with Crippen LogP contribution in [0.25, 0.3) is 0 Å². The van der Waals surface area contributed by atoms with Crippen LogP contribution in [-0.2, 0) is 6.61 Å². The first kappa shape index (κ1) is 10.0. The summed E-state index contributed by atoms with van der Waals surface area (Å²) in [7, 11) is 0. The Hall–Kier alpha value is -1.49. The lowest BCUT2D eigenvalue weighted by Crippen LogP contribution is -1.94. The van der Waals surface area contributed by atoms with Crippen LogP contribution in [0.4, 0.5) is 0 Å². The summed E-state index contributed by atoms with van der Waals surface area (Å²) in [5.74, 6) is 1.36. The summed E-state index contributed by atoms with van der Waals surface area (Å²) in [5.41, 5.74) is 0. The summed E-state index contributed by atoms with van der Waals surface area (Å²) in [6.07, 6.45) is 1.50. The number of ether oxygens (including phenoxy) is 1. The Morgan fingerprint density at radius 1 is 1.33 bits per heavy atom. The third-order valence-corrected chi connectivity index (χ3v) is 2.09. The Balaban J connectivity index is 1.96. The average molecular weight is 270 g/mol. The Morgan fingerprint density at radius 3 is 2.67 bits per heavy atom. The molecular formula is C10H8BrNO3. The van der Waals surface area contributed by atoms with Crippen molar-refractivity contribution in [3.05, 3.63) is 41.0 Å². The van der Waals surface area contributed by atoms with E-state index in [9.17, 15) is 0 Å². The quantitative estimate of drug-likeness (QED) is 0.931. The van der Waals surface area contributed by atoms with Crippen molar-refractivity contribution in [3.8, 4) is 11.5 Å². The smallest absolute Gasteiger partial charge is 0.233 e. The minimum absolute atomic E-state index is 0.209. The van der Waals surface area contributed by atoms with Crippen LogP contribution < -0.4 is 4.74 Å². The van der Waals surface area contributed by atoms with Gasteiger partial charge in [-0.15, -0.1) is 0 Å². The van der Waals surface area contributed by atoms with Crippen molar-refractivity contribution in [1.82, 2.24) is 4.98 Å². The lowest BCUT2D eigenvalue weighted by molar-refractivity contribution is 0.262. The standard InChI is InChI=1S/C10H8BrNO3/c11-9-5-15-10(12-9)6-14-8-3-1-7(13)2-4-8/h1-5,13H,6H2. The molecule has 0 saturated heterocycles. The molecule has 0 fully saturated rings. The van der Waals surface area contributed by atoms with Gasteiger partial charge in [0.15, 0.2) is 6.61 Å². The number of phenols is 1. The summed E-state index contributed by atoms with van der Waals surface area (Å²) in [6, 6.07) is 6.46. The number of hydrogen-bond donors (Lipinski definition) is 1. The van der Waals surface area contributed by atoms with E-state index >= 15 is 0 Å². The highest BCUT2D eigenvalue weighted by Gasteiger charge is 2.02. The maximum absolute atomic E-state index is 9.05. The van der Waals surface area contributed by atoms with Gasteiger partial charge in [-0.25, -0.2) is 4.98 Å². The molecule has 0 bridgehead atoms. The van der Waals surface area contributed by atoms with Crippen molar-refractivity contribution < 1.29 is 14.3 Å². The highest BCUT2D eigenvalue weighted by Crippen LogP contribution is 2.17. The van der Waals surface area contributed by atoms with Gasteiger partial charge in [-0.2, -0.15) is 0 Å². The van der Waals surface area contributed by atoms with Crippen molar-refractivity contribution in [1.29, 1.82) is 0 Å². The minimum Gasteiger partial charge on any atom is -0.508 e. The van der Waals surface area contributed by atoms with Crippen LogP contribution in [0.1, 0.15) is 5.89 Å². The Kier molecular flexibility index (Phi) is 2.91. The zero-order valence-electron chi connectivity index (χ0n) is 7.68. The maximum atomic E-state index is 9.05. The van der Waals surface area contributed by atoms with Gasteiger partial charge in [-0.05, 0) is 40.2 Å². The third kappa shape index (κ3) is 2.73. The summed E-state index contributed by atoms with van der Waals surface area (Å²) >= 11 is 3.17. The Morgan fingerprint density at radius 2 is 2.07 bits per heavy atom. The average Bonchev–Trinajstić information content (AvgIpc) is 2.64. The second kappa shape index (κ2) is 4.35. The lowest BCUT2D eigenvalue weighted by atomic mass is 10.3. The molecule has 0 unspecified atom stereocenters. The van der Waals surface area contributed by atoms with E-state index in [1.54, 1.807) is 24.3 Å². The van der Waals surface area contributed by atoms with E-state index in [1.165, 1.54) is 6.26 Å². The van der Waals surface area contributed by atoms with Gasteiger partial charge in [-0.3, -0.25) is 0 Å². The van der Waals surface area contributed by atoms with Crippen LogP contribution in [0.3, 0.4) is 0 Å². The minimum atomic E-state index is 0.209. The van der Waals surface area contributed by atoms with E-state index in [0.717, 1.165) is 0 Å². The molecule has 0 spiro atoms. The molecule has 2 aromatic rings. The first-order valence-electron chi connectivity index (χ1n) is 4.26. The van der Waals surface area contributed by atoms with Crippen molar-refractivity contribution in [2.45, 2.75) is 6.61 Å². The number of benzene rings is 1. The van der Waals surface area contributed by atoms with E-state index in [0.29, 0.717) is 16.2 Å². The van der Waals surface area contributed by atoms with Crippen molar-refractivity contribution in [2.75, 3.05) is 0 Å². The Labute approximate surface area is 94.6 Å². The second-order valence-electron chi connectivity index (χ2n) is 2.85. The van der Waals surface area contributed by atoms with Crippen LogP contribution >= 0.6 is 15.9 Å². The molecule has 78 valence electrons. The largest absolute Gasteiger partial charge is 0.508 e. The molecule has 0 aliphatic rings. The monoisotopic (exact) mass is 269 g/mol. The van der Waals surface area contributed by atoms with Crippen LogP contribution in [0, 0.1) is 0 Å². The van der Waals surface area contributed by atoms with Gasteiger partial charge >= 0.3 is 0 Å². The van der Waals surface area contributed by atoms with Gasteiger partial charge in [0.25, 0.3) is 0 Å². The van der Waals surface area contributed by atoms with E-state index in [2.05, 4.69) is 20.9 Å². The maximum Gasteiger partial charge on any atom is 0.233 e. The topological polar surface area (TPSA) is 55.5 Å². The van der Waals surface area contributed by atoms with Gasteiger partial charge in [-0.1, -0.05) is 0 Å². The molecule has 4 nitrogen and oxygen atoms in total. The van der Waals surface area contributed by atoms with Crippen LogP contribution in [0.5, 0.6) is 11.5 Å². The van der Waals surface area contributed by atoms with Crippen LogP contribution in [0.15, 0.2) is 39.5 Å². The number of aromatic nitrogens is 1. The summed E-state index contributed by atoms with van der Waals surface area (Å²) in [6.45, 7) is 0.260. The molecular weight excluding hydrogens is 262 g/mol. The first-order valence-corrected chi connectivity index (χ1v) is 5.05. The van der Waals surface area contributed by atoms with Gasteiger partial charge in [0.2, 0.25) is 5.89 Å². The molecule has 5 heteroatoms. The van der Waals surface area contributed by atoms with Crippen molar-refractivity contribution in [3.63, 3.8) is 0 Å². The summed E-state index contributed by atoms with van der Waals surface area (Å²) in [5, 5.41) is 9.05. The fourth-order valence-electron chi connectivity index (χ4n) is 1.04. The van der Waals surface area contributed by atoms with Crippen LogP contribution in [-0.4, -0.2) is 10.1 Å². The van der Waals surface area contributed by atoms with Gasteiger partial charge in [0, 0.05) is 0 Å². The van der Waals surface area contributed by atoms with Gasteiger partial charge in [0.05, 0.1) is 0 Å². The number of nitrogens with zero attached hydrogens (tertiary/aromatic N) is 1. The molecule has 0 radical (unpaired) electrons. The number of phenolic OH excluding ortho intramolecular Hbond substituents is 1. The fourth-order valence-corrected chi connectivity index (χ4v) is 1.33. The van der Waals surface area contributed by atoms with E-state index in [4.69, 9.17) is 14.3 Å². The first-order chi connectivity index (χ1) is 7.24. The van der Waals surface area contributed by atoms with Crippen LogP contribution in [0.2, 0.25) is 0 Å². The van der Waals surface area contributed by atoms with E-state index in [-0.39, 0.29) is 12.4 Å². The molecule has 1 aromatic heterocycles. The predicted molar refractivity (Wildman–Crippen MR) is 56.6 cm³/mol. The number of aromatic hydroxyl groups is 1. The number of oxazole rings is 1. The van der Waals surface area contributed by atoms with E-state index in [1.807, 2.05) is 0 Å². The van der Waals surface area contributed by atoms with Gasteiger partial charge < -0.3 is 14.3 Å². The third-order valence-electron chi connectivity index (χ3n) is 1.72. The Bertz CT molecular complexity index is 438.